The molecule has 1 amide bonds. The summed E-state index contributed by atoms with van der Waals surface area (Å²) >= 11 is 0. The van der Waals surface area contributed by atoms with Gasteiger partial charge in [0.1, 0.15) is 11.2 Å². The van der Waals surface area contributed by atoms with Crippen LogP contribution in [0.1, 0.15) is 55.1 Å². The number of carbonyl (C=O) groups excluding carboxylic acids is 1. The fourth-order valence-corrected chi connectivity index (χ4v) is 4.01. The van der Waals surface area contributed by atoms with E-state index < -0.39 is 17.7 Å². The first-order valence-electron chi connectivity index (χ1n) is 10.6. The highest BCUT2D eigenvalue weighted by Crippen LogP contribution is 2.36. The van der Waals surface area contributed by atoms with Gasteiger partial charge in [0.15, 0.2) is 0 Å². The molecule has 1 aromatic heterocycles. The van der Waals surface area contributed by atoms with Gasteiger partial charge in [-0.15, -0.1) is 0 Å². The molecule has 0 spiro atoms. The maximum atomic E-state index is 12.1. The number of alkyl carbamates (subject to hydrolysis) is 1. The minimum atomic E-state index is -0.997. The summed E-state index contributed by atoms with van der Waals surface area (Å²) in [6.45, 7) is 10.8. The molecule has 0 unspecified atom stereocenters. The van der Waals surface area contributed by atoms with Gasteiger partial charge in [-0.2, -0.15) is 0 Å². The molecule has 1 aliphatic rings. The van der Waals surface area contributed by atoms with Gasteiger partial charge in [0.25, 0.3) is 0 Å². The van der Waals surface area contributed by atoms with Crippen molar-refractivity contribution in [2.45, 2.75) is 59.1 Å². The predicted octanol–water partition coefficient (Wildman–Crippen LogP) is 4.56. The number of amides is 1. The number of aryl methyl sites for hydroxylation is 2. The van der Waals surface area contributed by atoms with Gasteiger partial charge in [-0.05, 0) is 53.0 Å². The van der Waals surface area contributed by atoms with Crippen LogP contribution in [0.4, 0.5) is 10.5 Å². The Hall–Kier alpha value is -3.09. The molecule has 31 heavy (non-hydrogen) atoms. The van der Waals surface area contributed by atoms with Crippen LogP contribution in [0.15, 0.2) is 30.6 Å². The zero-order chi connectivity index (χ0) is 22.8. The first kappa shape index (κ1) is 22.6. The SMILES string of the molecule is Cc1cc(C)cc(-c2cncc(C(=O)O)c2N2CCC(NC(=O)OC(C)(C)C)CC2)c1. The van der Waals surface area contributed by atoms with Crippen LogP contribution in [0.5, 0.6) is 0 Å². The molecular formula is C24H31N3O4. The lowest BCUT2D eigenvalue weighted by molar-refractivity contribution is 0.0497. The first-order chi connectivity index (χ1) is 14.5. The van der Waals surface area contributed by atoms with Crippen molar-refractivity contribution in [2.75, 3.05) is 18.0 Å². The van der Waals surface area contributed by atoms with Crippen LogP contribution in [-0.2, 0) is 4.74 Å². The number of carboxylic acid groups (broad SMARTS) is 1. The van der Waals surface area contributed by atoms with E-state index in [0.717, 1.165) is 22.3 Å². The summed E-state index contributed by atoms with van der Waals surface area (Å²) in [5.74, 6) is -0.997. The van der Waals surface area contributed by atoms with E-state index in [9.17, 15) is 14.7 Å². The van der Waals surface area contributed by atoms with E-state index in [4.69, 9.17) is 4.74 Å². The number of ether oxygens (including phenoxy) is 1. The van der Waals surface area contributed by atoms with Crippen molar-refractivity contribution in [1.82, 2.24) is 10.3 Å². The number of aromatic nitrogens is 1. The summed E-state index contributed by atoms with van der Waals surface area (Å²) in [7, 11) is 0. The Morgan fingerprint density at radius 3 is 2.26 bits per heavy atom. The monoisotopic (exact) mass is 425 g/mol. The topological polar surface area (TPSA) is 91.8 Å². The number of nitrogens with one attached hydrogen (secondary N) is 1. The Balaban J connectivity index is 1.84. The number of piperidine rings is 1. The number of pyridine rings is 1. The minimum Gasteiger partial charge on any atom is -0.478 e. The van der Waals surface area contributed by atoms with Crippen molar-refractivity contribution in [1.29, 1.82) is 0 Å². The van der Waals surface area contributed by atoms with Gasteiger partial charge in [-0.1, -0.05) is 29.3 Å². The second-order valence-corrected chi connectivity index (χ2v) is 9.17. The molecule has 2 heterocycles. The highest BCUT2D eigenvalue weighted by molar-refractivity contribution is 5.99. The van der Waals surface area contributed by atoms with E-state index in [1.54, 1.807) is 6.20 Å². The van der Waals surface area contributed by atoms with Crippen LogP contribution < -0.4 is 10.2 Å². The average Bonchev–Trinajstić information content (AvgIpc) is 2.65. The molecule has 0 radical (unpaired) electrons. The number of rotatable bonds is 4. The maximum absolute atomic E-state index is 12.1. The largest absolute Gasteiger partial charge is 0.478 e. The normalized spacial score (nSPS) is 14.9. The van der Waals surface area contributed by atoms with E-state index in [2.05, 4.69) is 33.4 Å². The van der Waals surface area contributed by atoms with Crippen LogP contribution in [0.3, 0.4) is 0 Å². The standard InChI is InChI=1S/C24H31N3O4/c1-15-10-16(2)12-17(11-15)19-13-25-14-20(22(28)29)21(19)27-8-6-18(7-9-27)26-23(30)31-24(3,4)5/h10-14,18H,6-9H2,1-5H3,(H,26,30)(H,28,29). The molecule has 1 aliphatic heterocycles. The van der Waals surface area contributed by atoms with Crippen molar-refractivity contribution < 1.29 is 19.4 Å². The third kappa shape index (κ3) is 5.75. The zero-order valence-electron chi connectivity index (χ0n) is 18.9. The molecule has 7 heteroatoms. The summed E-state index contributed by atoms with van der Waals surface area (Å²) in [4.78, 5) is 30.4. The predicted molar refractivity (Wildman–Crippen MR) is 121 cm³/mol. The van der Waals surface area contributed by atoms with Crippen LogP contribution in [0.25, 0.3) is 11.1 Å². The molecule has 1 saturated heterocycles. The molecule has 166 valence electrons. The van der Waals surface area contributed by atoms with E-state index in [1.165, 1.54) is 6.20 Å². The van der Waals surface area contributed by atoms with Gasteiger partial charge in [-0.25, -0.2) is 9.59 Å². The van der Waals surface area contributed by atoms with Crippen molar-refractivity contribution in [3.8, 4) is 11.1 Å². The molecule has 0 aliphatic carbocycles. The lowest BCUT2D eigenvalue weighted by Crippen LogP contribution is -2.46. The van der Waals surface area contributed by atoms with Gasteiger partial charge < -0.3 is 20.1 Å². The molecule has 1 aromatic carbocycles. The van der Waals surface area contributed by atoms with Crippen LogP contribution >= 0.6 is 0 Å². The van der Waals surface area contributed by atoms with Gasteiger partial charge in [-0.3, -0.25) is 4.98 Å². The summed E-state index contributed by atoms with van der Waals surface area (Å²) in [6.07, 6.45) is 4.13. The van der Waals surface area contributed by atoms with Crippen LogP contribution in [-0.4, -0.2) is 46.9 Å². The average molecular weight is 426 g/mol. The van der Waals surface area contributed by atoms with Crippen molar-refractivity contribution in [3.05, 3.63) is 47.3 Å². The first-order valence-corrected chi connectivity index (χ1v) is 10.6. The zero-order valence-corrected chi connectivity index (χ0v) is 18.9. The Morgan fingerprint density at radius 1 is 1.10 bits per heavy atom. The van der Waals surface area contributed by atoms with Crippen LogP contribution in [0, 0.1) is 13.8 Å². The fourth-order valence-electron chi connectivity index (χ4n) is 4.01. The van der Waals surface area contributed by atoms with Crippen LogP contribution in [0.2, 0.25) is 0 Å². The molecule has 1 fully saturated rings. The number of carbonyl (C=O) groups is 2. The molecular weight excluding hydrogens is 394 g/mol. The Labute approximate surface area is 183 Å². The maximum Gasteiger partial charge on any atom is 0.407 e. The highest BCUT2D eigenvalue weighted by Gasteiger charge is 2.28. The van der Waals surface area contributed by atoms with Gasteiger partial charge >= 0.3 is 12.1 Å². The number of hydrogen-bond acceptors (Lipinski definition) is 5. The molecule has 3 rings (SSSR count). The van der Waals surface area contributed by atoms with E-state index in [0.29, 0.717) is 31.6 Å². The lowest BCUT2D eigenvalue weighted by Gasteiger charge is -2.36. The summed E-state index contributed by atoms with van der Waals surface area (Å²) in [5, 5.41) is 12.7. The smallest absolute Gasteiger partial charge is 0.407 e. The summed E-state index contributed by atoms with van der Waals surface area (Å²) in [6, 6.07) is 6.18. The van der Waals surface area contributed by atoms with Crippen molar-refractivity contribution in [2.24, 2.45) is 0 Å². The number of carboxylic acids is 1. The summed E-state index contributed by atoms with van der Waals surface area (Å²) in [5.41, 5.74) is 4.32. The van der Waals surface area contributed by atoms with Gasteiger partial charge in [0.2, 0.25) is 0 Å². The quantitative estimate of drug-likeness (QED) is 0.746. The second-order valence-electron chi connectivity index (χ2n) is 9.17. The van der Waals surface area contributed by atoms with Gasteiger partial charge in [0, 0.05) is 37.1 Å². The van der Waals surface area contributed by atoms with Crippen molar-refractivity contribution in [3.63, 3.8) is 0 Å². The number of benzene rings is 1. The number of hydrogen-bond donors (Lipinski definition) is 2. The van der Waals surface area contributed by atoms with E-state index in [1.807, 2.05) is 34.6 Å². The molecule has 0 bridgehead atoms. The molecule has 0 saturated carbocycles. The third-order valence-corrected chi connectivity index (χ3v) is 5.21. The van der Waals surface area contributed by atoms with Gasteiger partial charge in [0.05, 0.1) is 5.69 Å². The molecule has 0 atom stereocenters. The highest BCUT2D eigenvalue weighted by atomic mass is 16.6. The van der Waals surface area contributed by atoms with E-state index >= 15 is 0 Å². The fraction of sp³-hybridized carbons (Fsp3) is 0.458. The molecule has 2 N–H and O–H groups in total. The lowest BCUT2D eigenvalue weighted by atomic mass is 9.96. The molecule has 7 nitrogen and oxygen atoms in total. The molecule has 2 aromatic rings. The Morgan fingerprint density at radius 2 is 1.71 bits per heavy atom. The number of aromatic carboxylic acids is 1. The Bertz CT molecular complexity index is 953. The third-order valence-electron chi connectivity index (χ3n) is 5.21. The number of anilines is 1. The summed E-state index contributed by atoms with van der Waals surface area (Å²) < 4.78 is 5.35. The Kier molecular flexibility index (Phi) is 6.53. The van der Waals surface area contributed by atoms with Crippen molar-refractivity contribution >= 4 is 17.7 Å². The second kappa shape index (κ2) is 8.96. The van der Waals surface area contributed by atoms with E-state index in [-0.39, 0.29) is 11.6 Å². The minimum absolute atomic E-state index is 0.00844. The number of nitrogens with zero attached hydrogens (tertiary/aromatic N) is 2.